The van der Waals surface area contributed by atoms with E-state index in [4.69, 9.17) is 26.2 Å². The molecule has 0 aliphatic rings. The Morgan fingerprint density at radius 3 is 2.61 bits per heavy atom. The number of hydrogen-bond acceptors (Lipinski definition) is 4. The normalized spacial score (nSPS) is 10.3. The van der Waals surface area contributed by atoms with Gasteiger partial charge in [-0.1, -0.05) is 35.9 Å². The van der Waals surface area contributed by atoms with Crippen LogP contribution in [0.5, 0.6) is 11.5 Å². The van der Waals surface area contributed by atoms with Crippen molar-refractivity contribution < 1.29 is 19.4 Å². The van der Waals surface area contributed by atoms with Crippen molar-refractivity contribution in [3.63, 3.8) is 0 Å². The van der Waals surface area contributed by atoms with Gasteiger partial charge in [0, 0.05) is 17.1 Å². The topological polar surface area (TPSA) is 67.8 Å². The van der Waals surface area contributed by atoms with E-state index in [-0.39, 0.29) is 6.54 Å². The van der Waals surface area contributed by atoms with Crippen LogP contribution in [0.3, 0.4) is 0 Å². The second-order valence-corrected chi connectivity index (χ2v) is 5.30. The van der Waals surface area contributed by atoms with Gasteiger partial charge in [-0.2, -0.15) is 0 Å². The number of carboxylic acid groups (broad SMARTS) is 1. The van der Waals surface area contributed by atoms with Gasteiger partial charge in [0.25, 0.3) is 0 Å². The molecule has 0 aliphatic carbocycles. The minimum absolute atomic E-state index is 0.117. The van der Waals surface area contributed by atoms with E-state index < -0.39 is 5.97 Å². The van der Waals surface area contributed by atoms with Crippen LogP contribution < -0.4 is 14.8 Å². The highest BCUT2D eigenvalue weighted by Crippen LogP contribution is 2.31. The Bertz CT molecular complexity index is 658. The van der Waals surface area contributed by atoms with Crippen molar-refractivity contribution in [2.45, 2.75) is 13.2 Å². The maximum Gasteiger partial charge on any atom is 0.317 e. The molecule has 0 bridgehead atoms. The summed E-state index contributed by atoms with van der Waals surface area (Å²) < 4.78 is 11.2. The maximum absolute atomic E-state index is 10.6. The van der Waals surface area contributed by atoms with Gasteiger partial charge in [0.2, 0.25) is 0 Å². The molecule has 2 N–H and O–H groups in total. The molecule has 6 heteroatoms. The van der Waals surface area contributed by atoms with Gasteiger partial charge >= 0.3 is 5.97 Å². The molecular formula is C17H18ClNO4. The molecule has 0 amide bonds. The van der Waals surface area contributed by atoms with E-state index in [1.807, 2.05) is 24.3 Å². The number of ether oxygens (including phenoxy) is 2. The summed E-state index contributed by atoms with van der Waals surface area (Å²) in [5.41, 5.74) is 1.81. The number of carbonyl (C=O) groups is 1. The van der Waals surface area contributed by atoms with Gasteiger partial charge in [-0.15, -0.1) is 0 Å². The zero-order chi connectivity index (χ0) is 16.7. The predicted molar refractivity (Wildman–Crippen MR) is 88.1 cm³/mol. The molecule has 2 aromatic carbocycles. The minimum atomic E-state index is -0.906. The van der Waals surface area contributed by atoms with Crippen LogP contribution in [0.2, 0.25) is 5.02 Å². The van der Waals surface area contributed by atoms with Gasteiger partial charge in [-0.3, -0.25) is 4.79 Å². The first-order chi connectivity index (χ1) is 11.1. The molecule has 2 rings (SSSR count). The van der Waals surface area contributed by atoms with E-state index in [0.717, 1.165) is 11.1 Å². The van der Waals surface area contributed by atoms with Gasteiger partial charge in [-0.25, -0.2) is 0 Å². The maximum atomic E-state index is 10.6. The molecule has 23 heavy (non-hydrogen) atoms. The van der Waals surface area contributed by atoms with Crippen LogP contribution in [0.1, 0.15) is 11.1 Å². The Hall–Kier alpha value is -2.24. The molecule has 0 atom stereocenters. The standard InChI is InChI=1S/C17H18ClNO4/c1-22-15-4-2-3-13(9-19-10-16(20)21)17(15)23-11-12-5-7-14(18)8-6-12/h2-8,19H,9-11H2,1H3,(H,20,21). The van der Waals surface area contributed by atoms with Crippen molar-refractivity contribution in [1.29, 1.82) is 0 Å². The summed E-state index contributed by atoms with van der Waals surface area (Å²) in [6.45, 7) is 0.622. The highest BCUT2D eigenvalue weighted by atomic mass is 35.5. The van der Waals surface area contributed by atoms with Gasteiger partial charge in [0.05, 0.1) is 13.7 Å². The lowest BCUT2D eigenvalue weighted by Gasteiger charge is -2.15. The largest absolute Gasteiger partial charge is 0.493 e. The van der Waals surface area contributed by atoms with Crippen LogP contribution in [0.15, 0.2) is 42.5 Å². The Balaban J connectivity index is 2.10. The first-order valence-corrected chi connectivity index (χ1v) is 7.43. The Kier molecular flexibility index (Phi) is 6.26. The number of carboxylic acids is 1. The summed E-state index contributed by atoms with van der Waals surface area (Å²) in [5, 5.41) is 12.2. The fourth-order valence-electron chi connectivity index (χ4n) is 2.07. The van der Waals surface area contributed by atoms with Crippen LogP contribution >= 0.6 is 11.6 Å². The zero-order valence-electron chi connectivity index (χ0n) is 12.7. The van der Waals surface area contributed by atoms with Crippen molar-refractivity contribution in [1.82, 2.24) is 5.32 Å². The number of nitrogens with one attached hydrogen (secondary N) is 1. The van der Waals surface area contributed by atoms with E-state index >= 15 is 0 Å². The Morgan fingerprint density at radius 1 is 1.22 bits per heavy atom. The van der Waals surface area contributed by atoms with Crippen LogP contribution in [-0.4, -0.2) is 24.7 Å². The molecule has 122 valence electrons. The average molecular weight is 336 g/mol. The Morgan fingerprint density at radius 2 is 1.96 bits per heavy atom. The van der Waals surface area contributed by atoms with E-state index in [9.17, 15) is 4.79 Å². The summed E-state index contributed by atoms with van der Waals surface area (Å²) in [5.74, 6) is 0.299. The summed E-state index contributed by atoms with van der Waals surface area (Å²) in [6.07, 6.45) is 0. The summed E-state index contributed by atoms with van der Waals surface area (Å²) in [6, 6.07) is 12.9. The van der Waals surface area contributed by atoms with Gasteiger partial charge < -0.3 is 19.9 Å². The van der Waals surface area contributed by atoms with Crippen molar-refractivity contribution >= 4 is 17.6 Å². The number of rotatable bonds is 8. The number of halogens is 1. The highest BCUT2D eigenvalue weighted by molar-refractivity contribution is 6.30. The molecule has 2 aromatic rings. The van der Waals surface area contributed by atoms with Gasteiger partial charge in [-0.05, 0) is 23.8 Å². The number of hydrogen-bond donors (Lipinski definition) is 2. The second-order valence-electron chi connectivity index (χ2n) is 4.86. The molecule has 0 radical (unpaired) electrons. The van der Waals surface area contributed by atoms with Crippen LogP contribution in [0.25, 0.3) is 0 Å². The highest BCUT2D eigenvalue weighted by Gasteiger charge is 2.11. The molecule has 0 heterocycles. The van der Waals surface area contributed by atoms with E-state index in [1.165, 1.54) is 0 Å². The van der Waals surface area contributed by atoms with Crippen LogP contribution in [0, 0.1) is 0 Å². The average Bonchev–Trinajstić information content (AvgIpc) is 2.54. The summed E-state index contributed by atoms with van der Waals surface area (Å²) in [7, 11) is 1.57. The lowest BCUT2D eigenvalue weighted by Crippen LogP contribution is -2.22. The third-order valence-electron chi connectivity index (χ3n) is 3.17. The fourth-order valence-corrected chi connectivity index (χ4v) is 2.19. The molecule has 0 aromatic heterocycles. The van der Waals surface area contributed by atoms with Crippen molar-refractivity contribution in [3.8, 4) is 11.5 Å². The number of para-hydroxylation sites is 1. The van der Waals surface area contributed by atoms with Crippen LogP contribution in [-0.2, 0) is 17.9 Å². The minimum Gasteiger partial charge on any atom is -0.493 e. The fraction of sp³-hybridized carbons (Fsp3) is 0.235. The molecule has 0 saturated carbocycles. The van der Waals surface area contributed by atoms with E-state index in [1.54, 1.807) is 25.3 Å². The second kappa shape index (κ2) is 8.41. The number of aliphatic carboxylic acids is 1. The molecule has 0 saturated heterocycles. The van der Waals surface area contributed by atoms with E-state index in [0.29, 0.717) is 29.7 Å². The monoisotopic (exact) mass is 335 g/mol. The van der Waals surface area contributed by atoms with Gasteiger partial charge in [0.1, 0.15) is 6.61 Å². The molecule has 0 fully saturated rings. The van der Waals surface area contributed by atoms with Crippen molar-refractivity contribution in [2.24, 2.45) is 0 Å². The van der Waals surface area contributed by atoms with Gasteiger partial charge in [0.15, 0.2) is 11.5 Å². The SMILES string of the molecule is COc1cccc(CNCC(=O)O)c1OCc1ccc(Cl)cc1. The van der Waals surface area contributed by atoms with Crippen LogP contribution in [0.4, 0.5) is 0 Å². The molecule has 0 unspecified atom stereocenters. The van der Waals surface area contributed by atoms with Crippen molar-refractivity contribution in [3.05, 3.63) is 58.6 Å². The predicted octanol–water partition coefficient (Wildman–Crippen LogP) is 3.10. The molecular weight excluding hydrogens is 318 g/mol. The lowest BCUT2D eigenvalue weighted by molar-refractivity contribution is -0.136. The van der Waals surface area contributed by atoms with Crippen molar-refractivity contribution in [2.75, 3.05) is 13.7 Å². The molecule has 0 aliphatic heterocycles. The molecule has 0 spiro atoms. The number of methoxy groups -OCH3 is 1. The zero-order valence-corrected chi connectivity index (χ0v) is 13.5. The first kappa shape index (κ1) is 17.1. The third-order valence-corrected chi connectivity index (χ3v) is 3.42. The van der Waals surface area contributed by atoms with E-state index in [2.05, 4.69) is 5.32 Å². The Labute approximate surface area is 139 Å². The molecule has 5 nitrogen and oxygen atoms in total. The lowest BCUT2D eigenvalue weighted by atomic mass is 10.1. The smallest absolute Gasteiger partial charge is 0.317 e. The summed E-state index contributed by atoms with van der Waals surface area (Å²) in [4.78, 5) is 10.6. The quantitative estimate of drug-likeness (QED) is 0.776. The number of benzene rings is 2. The first-order valence-electron chi connectivity index (χ1n) is 7.06. The summed E-state index contributed by atoms with van der Waals surface area (Å²) >= 11 is 5.87. The third kappa shape index (κ3) is 5.16.